The molecule has 3 heterocycles. The summed E-state index contributed by atoms with van der Waals surface area (Å²) in [7, 11) is 0. The number of rotatable bonds is 1. The molecule has 0 saturated carbocycles. The van der Waals surface area contributed by atoms with Gasteiger partial charge in [-0.25, -0.2) is 4.79 Å². The molecule has 7 nitrogen and oxygen atoms in total. The second kappa shape index (κ2) is 3.78. The molecule has 0 spiro atoms. The average Bonchev–Trinajstić information content (AvgIpc) is 2.56. The Hall–Kier alpha value is -1.44. The molecule has 0 radical (unpaired) electrons. The summed E-state index contributed by atoms with van der Waals surface area (Å²) >= 11 is 0. The molecule has 2 aliphatic heterocycles. The van der Waals surface area contributed by atoms with Gasteiger partial charge in [0.05, 0.1) is 12.2 Å². The molecule has 1 aromatic heterocycles. The summed E-state index contributed by atoms with van der Waals surface area (Å²) < 4.78 is 19.9. The summed E-state index contributed by atoms with van der Waals surface area (Å²) in [6, 6.07) is 1.20. The van der Waals surface area contributed by atoms with E-state index in [1.165, 1.54) is 16.8 Å². The standard InChI is InChI=1S/C11H14N2O5/c1-11-3-5-17-7(8(11)15)9(18-11)13-4-2-6(14)12-10(13)16/h2,4,7-9,15H,3,5H2,1H3,(H,12,14,16)/t7-,8+,9-,11+/m1/s1/i1D. The third-order valence-corrected chi connectivity index (χ3v) is 3.45. The summed E-state index contributed by atoms with van der Waals surface area (Å²) in [5, 5.41) is 10.2. The molecule has 4 atom stereocenters. The van der Waals surface area contributed by atoms with Crippen LogP contribution in [-0.2, 0) is 9.47 Å². The molecule has 3 rings (SSSR count). The van der Waals surface area contributed by atoms with Gasteiger partial charge in [-0.1, -0.05) is 0 Å². The highest BCUT2D eigenvalue weighted by molar-refractivity contribution is 5.02. The van der Waals surface area contributed by atoms with Crippen LogP contribution in [0, 0.1) is 0 Å². The Labute approximate surface area is 103 Å². The van der Waals surface area contributed by atoms with E-state index in [1.54, 1.807) is 0 Å². The van der Waals surface area contributed by atoms with E-state index in [1.807, 2.05) is 0 Å². The predicted molar refractivity (Wildman–Crippen MR) is 60.2 cm³/mol. The minimum atomic E-state index is -0.997. The SMILES string of the molecule is [2H]C[C@@]12CCO[C@@H]([C@H](n3ccc(=O)[nH]c3=O)O1)[C@@H]2O. The second-order valence-electron chi connectivity index (χ2n) is 4.62. The first kappa shape index (κ1) is 10.5. The van der Waals surface area contributed by atoms with E-state index >= 15 is 0 Å². The lowest BCUT2D eigenvalue weighted by atomic mass is 9.92. The van der Waals surface area contributed by atoms with E-state index in [2.05, 4.69) is 4.98 Å². The van der Waals surface area contributed by atoms with Crippen LogP contribution in [0.3, 0.4) is 0 Å². The number of nitrogens with one attached hydrogen (secondary N) is 1. The first-order valence-electron chi connectivity index (χ1n) is 6.36. The minimum Gasteiger partial charge on any atom is -0.387 e. The Morgan fingerprint density at radius 1 is 1.67 bits per heavy atom. The fourth-order valence-electron chi connectivity index (χ4n) is 2.42. The molecular formula is C11H14N2O5. The van der Waals surface area contributed by atoms with E-state index in [-0.39, 0.29) is 6.90 Å². The second-order valence-corrected chi connectivity index (χ2v) is 4.62. The molecule has 2 bridgehead atoms. The van der Waals surface area contributed by atoms with Crippen LogP contribution < -0.4 is 11.2 Å². The zero-order chi connectivity index (χ0) is 13.6. The number of aromatic amines is 1. The monoisotopic (exact) mass is 255 g/mol. The molecular weight excluding hydrogens is 240 g/mol. The zero-order valence-corrected chi connectivity index (χ0v) is 9.54. The van der Waals surface area contributed by atoms with Gasteiger partial charge in [-0.2, -0.15) is 0 Å². The van der Waals surface area contributed by atoms with Crippen LogP contribution in [0.4, 0.5) is 0 Å². The highest BCUT2D eigenvalue weighted by Crippen LogP contribution is 2.43. The Morgan fingerprint density at radius 3 is 3.17 bits per heavy atom. The fraction of sp³-hybridized carbons (Fsp3) is 0.636. The molecule has 2 fully saturated rings. The van der Waals surface area contributed by atoms with Crippen molar-refractivity contribution in [2.45, 2.75) is 37.4 Å². The van der Waals surface area contributed by atoms with Crippen LogP contribution in [0.25, 0.3) is 0 Å². The van der Waals surface area contributed by atoms with Gasteiger partial charge in [0.2, 0.25) is 0 Å². The van der Waals surface area contributed by atoms with E-state index in [0.29, 0.717) is 13.0 Å². The third kappa shape index (κ3) is 1.55. The third-order valence-electron chi connectivity index (χ3n) is 3.45. The first-order chi connectivity index (χ1) is 9.07. The molecule has 2 N–H and O–H groups in total. The average molecular weight is 255 g/mol. The van der Waals surface area contributed by atoms with E-state index in [4.69, 9.17) is 10.8 Å². The molecule has 7 heteroatoms. The van der Waals surface area contributed by atoms with Crippen LogP contribution in [0.2, 0.25) is 0 Å². The van der Waals surface area contributed by atoms with Gasteiger partial charge in [-0.3, -0.25) is 14.3 Å². The van der Waals surface area contributed by atoms with Crippen LogP contribution >= 0.6 is 0 Å². The molecule has 0 unspecified atom stereocenters. The van der Waals surface area contributed by atoms with Crippen LogP contribution in [-0.4, -0.2) is 39.1 Å². The van der Waals surface area contributed by atoms with Gasteiger partial charge in [0.25, 0.3) is 5.56 Å². The lowest BCUT2D eigenvalue weighted by Gasteiger charge is -2.31. The van der Waals surface area contributed by atoms with E-state index in [0.717, 1.165) is 0 Å². The lowest BCUT2D eigenvalue weighted by molar-refractivity contribution is -0.110. The maximum atomic E-state index is 11.8. The molecule has 98 valence electrons. The zero-order valence-electron chi connectivity index (χ0n) is 10.5. The molecule has 0 aliphatic carbocycles. The number of aliphatic hydroxyl groups is 1. The van der Waals surface area contributed by atoms with Crippen LogP contribution in [0.5, 0.6) is 0 Å². The molecule has 18 heavy (non-hydrogen) atoms. The van der Waals surface area contributed by atoms with Gasteiger partial charge in [-0.05, 0) is 6.90 Å². The van der Waals surface area contributed by atoms with Crippen molar-refractivity contribution in [3.63, 3.8) is 0 Å². The fourth-order valence-corrected chi connectivity index (χ4v) is 2.42. The smallest absolute Gasteiger partial charge is 0.330 e. The topological polar surface area (TPSA) is 93.6 Å². The van der Waals surface area contributed by atoms with Gasteiger partial charge in [0.15, 0.2) is 6.23 Å². The Balaban J connectivity index is 2.03. The van der Waals surface area contributed by atoms with Crippen molar-refractivity contribution >= 4 is 0 Å². The van der Waals surface area contributed by atoms with Crippen molar-refractivity contribution in [2.24, 2.45) is 0 Å². The van der Waals surface area contributed by atoms with Gasteiger partial charge in [0, 0.05) is 20.1 Å². The van der Waals surface area contributed by atoms with Crippen molar-refractivity contribution in [1.82, 2.24) is 9.55 Å². The Kier molecular flexibility index (Phi) is 2.20. The number of nitrogens with zero attached hydrogens (tertiary/aromatic N) is 1. The summed E-state index contributed by atoms with van der Waals surface area (Å²) in [6.07, 6.45) is -0.777. The van der Waals surface area contributed by atoms with Crippen molar-refractivity contribution in [1.29, 1.82) is 0 Å². The Morgan fingerprint density at radius 2 is 2.50 bits per heavy atom. The first-order valence-corrected chi connectivity index (χ1v) is 5.66. The van der Waals surface area contributed by atoms with Gasteiger partial charge >= 0.3 is 5.69 Å². The molecule has 0 aromatic carbocycles. The summed E-state index contributed by atoms with van der Waals surface area (Å²) in [6.45, 7) is 0.262. The molecule has 2 saturated heterocycles. The van der Waals surface area contributed by atoms with Crippen molar-refractivity contribution in [3.05, 3.63) is 33.1 Å². The number of ether oxygens (including phenoxy) is 2. The van der Waals surface area contributed by atoms with Crippen molar-refractivity contribution in [2.75, 3.05) is 6.61 Å². The van der Waals surface area contributed by atoms with Crippen molar-refractivity contribution < 1.29 is 16.0 Å². The van der Waals surface area contributed by atoms with E-state index < -0.39 is 35.3 Å². The molecule has 1 aromatic rings. The summed E-state index contributed by atoms with van der Waals surface area (Å²) in [5.74, 6) is 0. The van der Waals surface area contributed by atoms with Crippen molar-refractivity contribution in [3.8, 4) is 0 Å². The number of hydrogen-bond acceptors (Lipinski definition) is 5. The highest BCUT2D eigenvalue weighted by atomic mass is 16.6. The van der Waals surface area contributed by atoms with Gasteiger partial charge in [-0.15, -0.1) is 0 Å². The summed E-state index contributed by atoms with van der Waals surface area (Å²) in [5.41, 5.74) is -2.12. The maximum absolute atomic E-state index is 11.8. The normalized spacial score (nSPS) is 39.6. The summed E-state index contributed by atoms with van der Waals surface area (Å²) in [4.78, 5) is 24.9. The number of H-pyrrole nitrogens is 1. The Bertz CT molecular complexity index is 599. The largest absolute Gasteiger partial charge is 0.387 e. The lowest BCUT2D eigenvalue weighted by Crippen LogP contribution is -2.47. The minimum absolute atomic E-state index is 0.109. The molecule has 0 amide bonds. The number of aromatic nitrogens is 2. The van der Waals surface area contributed by atoms with E-state index in [9.17, 15) is 14.7 Å². The number of fused-ring (bicyclic) bond motifs is 2. The van der Waals surface area contributed by atoms with Gasteiger partial charge < -0.3 is 14.6 Å². The van der Waals surface area contributed by atoms with Crippen LogP contribution in [0.15, 0.2) is 21.9 Å². The molecule has 2 aliphatic rings. The number of aliphatic hydroxyl groups excluding tert-OH is 1. The number of hydrogen-bond donors (Lipinski definition) is 2. The van der Waals surface area contributed by atoms with Crippen LogP contribution in [0.1, 0.15) is 20.9 Å². The predicted octanol–water partition coefficient (Wildman–Crippen LogP) is -1.03. The maximum Gasteiger partial charge on any atom is 0.330 e. The quantitative estimate of drug-likeness (QED) is 0.669. The van der Waals surface area contributed by atoms with Gasteiger partial charge in [0.1, 0.15) is 12.2 Å². The highest BCUT2D eigenvalue weighted by Gasteiger charge is 2.55.